The molecular formula is C20H22N2O3. The van der Waals surface area contributed by atoms with Gasteiger partial charge in [0.1, 0.15) is 5.75 Å². The normalized spacial score (nSPS) is 14.4. The summed E-state index contributed by atoms with van der Waals surface area (Å²) in [5, 5.41) is 5.51. The molecule has 2 N–H and O–H groups in total. The first kappa shape index (κ1) is 17.0. The Morgan fingerprint density at radius 2 is 1.72 bits per heavy atom. The predicted molar refractivity (Wildman–Crippen MR) is 96.4 cm³/mol. The van der Waals surface area contributed by atoms with Crippen molar-refractivity contribution in [3.05, 3.63) is 60.2 Å². The highest BCUT2D eigenvalue weighted by Crippen LogP contribution is 2.34. The van der Waals surface area contributed by atoms with Gasteiger partial charge >= 0.3 is 11.8 Å². The molecule has 1 aliphatic carbocycles. The van der Waals surface area contributed by atoms with Crippen LogP contribution in [-0.2, 0) is 16.0 Å². The Labute approximate surface area is 147 Å². The van der Waals surface area contributed by atoms with Gasteiger partial charge in [0.15, 0.2) is 0 Å². The van der Waals surface area contributed by atoms with E-state index >= 15 is 0 Å². The summed E-state index contributed by atoms with van der Waals surface area (Å²) in [6.45, 7) is 0. The SMILES string of the molecule is COc1ccc(NC(=O)C(=O)NC(Cc2ccccc2)C2CC2)cc1. The van der Waals surface area contributed by atoms with Crippen molar-refractivity contribution in [2.24, 2.45) is 5.92 Å². The minimum atomic E-state index is -0.649. The molecule has 1 saturated carbocycles. The molecule has 0 saturated heterocycles. The predicted octanol–water partition coefficient (Wildman–Crippen LogP) is 2.77. The van der Waals surface area contributed by atoms with Gasteiger partial charge in [0.05, 0.1) is 7.11 Å². The van der Waals surface area contributed by atoms with Crippen molar-refractivity contribution in [1.82, 2.24) is 5.32 Å². The Morgan fingerprint density at radius 1 is 1.04 bits per heavy atom. The molecule has 1 unspecified atom stereocenters. The van der Waals surface area contributed by atoms with E-state index in [2.05, 4.69) is 10.6 Å². The largest absolute Gasteiger partial charge is 0.497 e. The van der Waals surface area contributed by atoms with Gasteiger partial charge in [-0.2, -0.15) is 0 Å². The Bertz CT molecular complexity index is 724. The first-order chi connectivity index (χ1) is 12.2. The number of amides is 2. The molecule has 0 aliphatic heterocycles. The summed E-state index contributed by atoms with van der Waals surface area (Å²) in [7, 11) is 1.58. The van der Waals surface area contributed by atoms with Crippen LogP contribution in [0, 0.1) is 5.92 Å². The standard InChI is InChI=1S/C20H22N2O3/c1-25-17-11-9-16(10-12-17)21-19(23)20(24)22-18(15-7-8-15)13-14-5-3-2-4-6-14/h2-6,9-12,15,18H,7-8,13H2,1H3,(H,21,23)(H,22,24). The van der Waals surface area contributed by atoms with E-state index in [1.54, 1.807) is 31.4 Å². The Hall–Kier alpha value is -2.82. The van der Waals surface area contributed by atoms with Crippen molar-refractivity contribution in [3.63, 3.8) is 0 Å². The van der Waals surface area contributed by atoms with Gasteiger partial charge in [-0.15, -0.1) is 0 Å². The lowest BCUT2D eigenvalue weighted by Crippen LogP contribution is -2.44. The number of carbonyl (C=O) groups excluding carboxylic acids is 2. The first-order valence-corrected chi connectivity index (χ1v) is 8.45. The van der Waals surface area contributed by atoms with Crippen molar-refractivity contribution in [2.45, 2.75) is 25.3 Å². The molecule has 0 radical (unpaired) electrons. The van der Waals surface area contributed by atoms with Gasteiger partial charge in [-0.3, -0.25) is 9.59 Å². The van der Waals surface area contributed by atoms with E-state index in [1.165, 1.54) is 0 Å². The number of methoxy groups -OCH3 is 1. The second-order valence-corrected chi connectivity index (χ2v) is 6.29. The molecule has 25 heavy (non-hydrogen) atoms. The van der Waals surface area contributed by atoms with Crippen LogP contribution in [0.15, 0.2) is 54.6 Å². The molecule has 130 valence electrons. The van der Waals surface area contributed by atoms with Crippen molar-refractivity contribution < 1.29 is 14.3 Å². The summed E-state index contributed by atoms with van der Waals surface area (Å²) in [5.41, 5.74) is 1.72. The summed E-state index contributed by atoms with van der Waals surface area (Å²) >= 11 is 0. The van der Waals surface area contributed by atoms with Gasteiger partial charge in [-0.25, -0.2) is 0 Å². The van der Waals surface area contributed by atoms with Gasteiger partial charge in [0.25, 0.3) is 0 Å². The number of hydrogen-bond donors (Lipinski definition) is 2. The number of anilines is 1. The molecule has 3 rings (SSSR count). The maximum atomic E-state index is 12.3. The van der Waals surface area contributed by atoms with Crippen molar-refractivity contribution in [2.75, 3.05) is 12.4 Å². The Kier molecular flexibility index (Phi) is 5.33. The molecule has 5 nitrogen and oxygen atoms in total. The summed E-state index contributed by atoms with van der Waals surface area (Å²) in [4.78, 5) is 24.4. The van der Waals surface area contributed by atoms with Crippen molar-refractivity contribution >= 4 is 17.5 Å². The molecule has 0 heterocycles. The number of rotatable bonds is 6. The van der Waals surface area contributed by atoms with Gasteiger partial charge in [-0.1, -0.05) is 30.3 Å². The summed E-state index contributed by atoms with van der Waals surface area (Å²) < 4.78 is 5.07. The lowest BCUT2D eigenvalue weighted by molar-refractivity contribution is -0.136. The molecule has 2 aromatic carbocycles. The smallest absolute Gasteiger partial charge is 0.313 e. The van der Waals surface area contributed by atoms with Crippen LogP contribution < -0.4 is 15.4 Å². The maximum Gasteiger partial charge on any atom is 0.313 e. The number of carbonyl (C=O) groups is 2. The first-order valence-electron chi connectivity index (χ1n) is 8.45. The molecule has 2 amide bonds. The molecule has 5 heteroatoms. The second kappa shape index (κ2) is 7.83. The fourth-order valence-corrected chi connectivity index (χ4v) is 2.80. The van der Waals surface area contributed by atoms with Crippen LogP contribution in [0.5, 0.6) is 5.75 Å². The van der Waals surface area contributed by atoms with Crippen LogP contribution in [0.1, 0.15) is 18.4 Å². The topological polar surface area (TPSA) is 67.4 Å². The van der Waals surface area contributed by atoms with Gasteiger partial charge in [0, 0.05) is 11.7 Å². The average molecular weight is 338 g/mol. The van der Waals surface area contributed by atoms with E-state index in [0.29, 0.717) is 17.4 Å². The van der Waals surface area contributed by atoms with Crippen LogP contribution in [-0.4, -0.2) is 25.0 Å². The third kappa shape index (κ3) is 4.83. The fraction of sp³-hybridized carbons (Fsp3) is 0.300. The highest BCUT2D eigenvalue weighted by Gasteiger charge is 2.33. The van der Waals surface area contributed by atoms with Crippen LogP contribution in [0.3, 0.4) is 0 Å². The number of hydrogen-bond acceptors (Lipinski definition) is 3. The minimum absolute atomic E-state index is 0.00322. The molecule has 1 atom stereocenters. The average Bonchev–Trinajstić information content (AvgIpc) is 3.48. The summed E-state index contributed by atoms with van der Waals surface area (Å²) in [6.07, 6.45) is 2.93. The fourth-order valence-electron chi connectivity index (χ4n) is 2.80. The summed E-state index contributed by atoms with van der Waals surface area (Å²) in [5.74, 6) is -0.0930. The number of benzene rings is 2. The van der Waals surface area contributed by atoms with E-state index in [1.807, 2.05) is 30.3 Å². The zero-order chi connectivity index (χ0) is 17.6. The maximum absolute atomic E-state index is 12.3. The molecule has 0 spiro atoms. The Balaban J connectivity index is 1.57. The minimum Gasteiger partial charge on any atom is -0.497 e. The van der Waals surface area contributed by atoms with Gasteiger partial charge < -0.3 is 15.4 Å². The summed E-state index contributed by atoms with van der Waals surface area (Å²) in [6, 6.07) is 16.9. The van der Waals surface area contributed by atoms with Crippen LogP contribution in [0.4, 0.5) is 5.69 Å². The molecule has 0 aromatic heterocycles. The molecule has 0 bridgehead atoms. The number of ether oxygens (including phenoxy) is 1. The zero-order valence-corrected chi connectivity index (χ0v) is 14.2. The zero-order valence-electron chi connectivity index (χ0n) is 14.2. The van der Waals surface area contributed by atoms with Crippen LogP contribution in [0.2, 0.25) is 0 Å². The molecule has 1 fully saturated rings. The van der Waals surface area contributed by atoms with E-state index in [-0.39, 0.29) is 6.04 Å². The second-order valence-electron chi connectivity index (χ2n) is 6.29. The highest BCUT2D eigenvalue weighted by atomic mass is 16.5. The van der Waals surface area contributed by atoms with E-state index in [4.69, 9.17) is 4.74 Å². The monoisotopic (exact) mass is 338 g/mol. The molecule has 2 aromatic rings. The van der Waals surface area contributed by atoms with Crippen LogP contribution >= 0.6 is 0 Å². The van der Waals surface area contributed by atoms with Crippen molar-refractivity contribution in [3.8, 4) is 5.75 Å². The Morgan fingerprint density at radius 3 is 2.32 bits per heavy atom. The van der Waals surface area contributed by atoms with Gasteiger partial charge in [0.2, 0.25) is 0 Å². The third-order valence-corrected chi connectivity index (χ3v) is 4.36. The highest BCUT2D eigenvalue weighted by molar-refractivity contribution is 6.39. The number of nitrogens with one attached hydrogen (secondary N) is 2. The lowest BCUT2D eigenvalue weighted by Gasteiger charge is -2.18. The third-order valence-electron chi connectivity index (χ3n) is 4.36. The van der Waals surface area contributed by atoms with E-state index in [9.17, 15) is 9.59 Å². The quantitative estimate of drug-likeness (QED) is 0.796. The molecule has 1 aliphatic rings. The van der Waals surface area contributed by atoms with E-state index in [0.717, 1.165) is 24.8 Å². The van der Waals surface area contributed by atoms with Crippen LogP contribution in [0.25, 0.3) is 0 Å². The molecular weight excluding hydrogens is 316 g/mol. The lowest BCUT2D eigenvalue weighted by atomic mass is 10.0. The van der Waals surface area contributed by atoms with Gasteiger partial charge in [-0.05, 0) is 55.0 Å². The van der Waals surface area contributed by atoms with E-state index < -0.39 is 11.8 Å². The van der Waals surface area contributed by atoms with Crippen molar-refractivity contribution in [1.29, 1.82) is 0 Å².